The van der Waals surface area contributed by atoms with Gasteiger partial charge in [0, 0.05) is 61.0 Å². The summed E-state index contributed by atoms with van der Waals surface area (Å²) in [6.07, 6.45) is 7.32. The van der Waals surface area contributed by atoms with Crippen molar-refractivity contribution in [2.45, 2.75) is 12.5 Å². The second kappa shape index (κ2) is 8.14. The third-order valence-corrected chi connectivity index (χ3v) is 6.47. The third-order valence-electron chi connectivity index (χ3n) is 6.04. The van der Waals surface area contributed by atoms with Crippen LogP contribution in [0.15, 0.2) is 65.7 Å². The third kappa shape index (κ3) is 3.82. The summed E-state index contributed by atoms with van der Waals surface area (Å²) in [5.41, 5.74) is 9.57. The molecule has 3 aromatic heterocycles. The van der Waals surface area contributed by atoms with Crippen molar-refractivity contribution in [3.8, 4) is 0 Å². The largest absolute Gasteiger partial charge is 0.366 e. The highest BCUT2D eigenvalue weighted by Crippen LogP contribution is 2.28. The number of hydrogen-bond donors (Lipinski definition) is 1. The van der Waals surface area contributed by atoms with E-state index in [0.717, 1.165) is 47.3 Å². The monoisotopic (exact) mass is 495 g/mol. The first-order valence-electron chi connectivity index (χ1n) is 10.4. The Morgan fingerprint density at radius 1 is 0.969 bits per heavy atom. The van der Waals surface area contributed by atoms with Gasteiger partial charge < -0.3 is 15.5 Å². The smallest absolute Gasteiger partial charge is 0.225 e. The molecule has 0 amide bonds. The highest BCUT2D eigenvalue weighted by Gasteiger charge is 2.26. The fourth-order valence-corrected chi connectivity index (χ4v) is 4.51. The molecule has 7 nitrogen and oxygen atoms in total. The lowest BCUT2D eigenvalue weighted by Crippen LogP contribution is -2.47. The number of fused-ring (bicyclic) bond motifs is 1. The predicted octanol–water partition coefficient (Wildman–Crippen LogP) is 3.57. The van der Waals surface area contributed by atoms with Crippen molar-refractivity contribution in [1.82, 2.24) is 19.6 Å². The average molecular weight is 496 g/mol. The van der Waals surface area contributed by atoms with Crippen LogP contribution in [0.4, 0.5) is 16.0 Å². The van der Waals surface area contributed by atoms with E-state index >= 15 is 0 Å². The minimum Gasteiger partial charge on any atom is -0.366 e. The Hall–Kier alpha value is -3.04. The quantitative estimate of drug-likeness (QED) is 0.466. The number of nitrogens with zero attached hydrogens (tertiary/aromatic N) is 6. The van der Waals surface area contributed by atoms with Crippen molar-refractivity contribution >= 4 is 33.1 Å². The highest BCUT2D eigenvalue weighted by molar-refractivity contribution is 9.10. The van der Waals surface area contributed by atoms with Crippen LogP contribution in [0, 0.1) is 5.82 Å². The number of anilines is 2. The maximum absolute atomic E-state index is 13.3. The topological polar surface area (TPSA) is 75.6 Å². The van der Waals surface area contributed by atoms with E-state index in [9.17, 15) is 4.39 Å². The van der Waals surface area contributed by atoms with Gasteiger partial charge >= 0.3 is 0 Å². The second-order valence-electron chi connectivity index (χ2n) is 8.16. The molecule has 1 unspecified atom stereocenters. The van der Waals surface area contributed by atoms with E-state index in [0.29, 0.717) is 5.95 Å². The van der Waals surface area contributed by atoms with E-state index in [-0.39, 0.29) is 5.82 Å². The Labute approximate surface area is 193 Å². The summed E-state index contributed by atoms with van der Waals surface area (Å²) in [5.74, 6) is 0.404. The molecule has 4 aromatic rings. The molecule has 1 aliphatic heterocycles. The SMILES string of the molecule is CC(N)(c1ccc(F)cc1)c1cnc(N2CCN(c3ccnn4cc(Br)cc34)CC2)nc1. The standard InChI is InChI=1S/C23H23BrFN7/c1-23(26,16-2-4-19(25)5-3-16)17-13-27-22(28-14-17)31-10-8-30(9-11-31)20-6-7-29-32-15-18(24)12-21(20)32/h2-7,12-15H,8-11,26H2,1H3. The van der Waals surface area contributed by atoms with E-state index in [4.69, 9.17) is 5.73 Å². The number of piperazine rings is 1. The maximum atomic E-state index is 13.3. The molecule has 9 heteroatoms. The van der Waals surface area contributed by atoms with Gasteiger partial charge in [-0.2, -0.15) is 5.10 Å². The molecule has 1 fully saturated rings. The number of benzene rings is 1. The number of hydrogen-bond acceptors (Lipinski definition) is 6. The second-order valence-corrected chi connectivity index (χ2v) is 9.08. The molecule has 0 aliphatic carbocycles. The van der Waals surface area contributed by atoms with Gasteiger partial charge in [-0.3, -0.25) is 0 Å². The van der Waals surface area contributed by atoms with E-state index in [1.54, 1.807) is 24.5 Å². The lowest BCUT2D eigenvalue weighted by molar-refractivity contribution is 0.585. The Morgan fingerprint density at radius 2 is 1.62 bits per heavy atom. The van der Waals surface area contributed by atoms with Crippen molar-refractivity contribution in [3.63, 3.8) is 0 Å². The number of nitrogens with two attached hydrogens (primary N) is 1. The first-order chi connectivity index (χ1) is 15.4. The molecule has 0 saturated carbocycles. The molecule has 1 aliphatic rings. The first-order valence-corrected chi connectivity index (χ1v) is 11.2. The summed E-state index contributed by atoms with van der Waals surface area (Å²) in [7, 11) is 0. The van der Waals surface area contributed by atoms with Gasteiger partial charge in [0.05, 0.1) is 16.7 Å². The van der Waals surface area contributed by atoms with Gasteiger partial charge in [0.2, 0.25) is 5.95 Å². The summed E-state index contributed by atoms with van der Waals surface area (Å²) >= 11 is 3.53. The fraction of sp³-hybridized carbons (Fsp3) is 0.261. The molecule has 5 rings (SSSR count). The first kappa shape index (κ1) is 20.8. The van der Waals surface area contributed by atoms with Crippen LogP contribution in [0.2, 0.25) is 0 Å². The van der Waals surface area contributed by atoms with E-state index in [1.807, 2.05) is 23.8 Å². The number of rotatable bonds is 4. The van der Waals surface area contributed by atoms with Gasteiger partial charge in [0.25, 0.3) is 0 Å². The van der Waals surface area contributed by atoms with Crippen LogP contribution in [0.5, 0.6) is 0 Å². The predicted molar refractivity (Wildman–Crippen MR) is 126 cm³/mol. The number of aromatic nitrogens is 4. The molecule has 0 bridgehead atoms. The minimum atomic E-state index is -0.802. The maximum Gasteiger partial charge on any atom is 0.225 e. The Morgan fingerprint density at radius 3 is 2.31 bits per heavy atom. The van der Waals surface area contributed by atoms with Crippen molar-refractivity contribution in [1.29, 1.82) is 0 Å². The molecule has 0 radical (unpaired) electrons. The van der Waals surface area contributed by atoms with Gasteiger partial charge in [-0.15, -0.1) is 0 Å². The summed E-state index contributed by atoms with van der Waals surface area (Å²) < 4.78 is 16.2. The van der Waals surface area contributed by atoms with Crippen molar-refractivity contribution in [3.05, 3.63) is 82.6 Å². The van der Waals surface area contributed by atoms with Gasteiger partial charge in [0.15, 0.2) is 0 Å². The Bertz CT molecular complexity index is 1230. The lowest BCUT2D eigenvalue weighted by atomic mass is 9.87. The zero-order chi connectivity index (χ0) is 22.3. The van der Waals surface area contributed by atoms with E-state index in [1.165, 1.54) is 17.8 Å². The molecule has 164 valence electrons. The van der Waals surface area contributed by atoms with Gasteiger partial charge in [-0.25, -0.2) is 18.9 Å². The molecular formula is C23H23BrFN7. The van der Waals surface area contributed by atoms with Crippen LogP contribution in [-0.2, 0) is 5.54 Å². The van der Waals surface area contributed by atoms with Gasteiger partial charge in [-0.05, 0) is 52.7 Å². The molecule has 1 atom stereocenters. The van der Waals surface area contributed by atoms with Crippen LogP contribution >= 0.6 is 15.9 Å². The molecular weight excluding hydrogens is 473 g/mol. The fourth-order valence-electron chi connectivity index (χ4n) is 4.10. The van der Waals surface area contributed by atoms with Crippen LogP contribution in [0.3, 0.4) is 0 Å². The van der Waals surface area contributed by atoms with Gasteiger partial charge in [0.1, 0.15) is 5.82 Å². The summed E-state index contributed by atoms with van der Waals surface area (Å²) in [6.45, 7) is 5.23. The molecule has 2 N–H and O–H groups in total. The van der Waals surface area contributed by atoms with Crippen LogP contribution in [0.25, 0.3) is 5.52 Å². The normalized spacial score (nSPS) is 16.4. The van der Waals surface area contributed by atoms with Crippen molar-refractivity contribution in [2.24, 2.45) is 5.73 Å². The summed E-state index contributed by atoms with van der Waals surface area (Å²) in [5, 5.41) is 4.38. The average Bonchev–Trinajstić information content (AvgIpc) is 3.20. The molecule has 32 heavy (non-hydrogen) atoms. The zero-order valence-electron chi connectivity index (χ0n) is 17.6. The molecule has 1 aromatic carbocycles. The summed E-state index contributed by atoms with van der Waals surface area (Å²) in [6, 6.07) is 10.4. The van der Waals surface area contributed by atoms with Crippen LogP contribution in [0.1, 0.15) is 18.1 Å². The van der Waals surface area contributed by atoms with E-state index in [2.05, 4.69) is 52.9 Å². The molecule has 1 saturated heterocycles. The molecule has 0 spiro atoms. The molecule has 4 heterocycles. The Balaban J connectivity index is 1.29. The van der Waals surface area contributed by atoms with Crippen LogP contribution < -0.4 is 15.5 Å². The number of halogens is 2. The van der Waals surface area contributed by atoms with Crippen LogP contribution in [-0.4, -0.2) is 45.8 Å². The van der Waals surface area contributed by atoms with Crippen molar-refractivity contribution < 1.29 is 4.39 Å². The zero-order valence-corrected chi connectivity index (χ0v) is 19.2. The van der Waals surface area contributed by atoms with Crippen molar-refractivity contribution in [2.75, 3.05) is 36.0 Å². The van der Waals surface area contributed by atoms with E-state index < -0.39 is 5.54 Å². The lowest BCUT2D eigenvalue weighted by Gasteiger charge is -2.36. The van der Waals surface area contributed by atoms with Gasteiger partial charge in [-0.1, -0.05) is 12.1 Å². The Kier molecular flexibility index (Phi) is 5.30. The minimum absolute atomic E-state index is 0.285. The summed E-state index contributed by atoms with van der Waals surface area (Å²) in [4.78, 5) is 13.7. The highest BCUT2D eigenvalue weighted by atomic mass is 79.9.